The summed E-state index contributed by atoms with van der Waals surface area (Å²) in [6.45, 7) is 10.3. The summed E-state index contributed by atoms with van der Waals surface area (Å²) in [5.74, 6) is 2.66. The number of nitrogens with zero attached hydrogens (tertiary/aromatic N) is 3. The van der Waals surface area contributed by atoms with Gasteiger partial charge in [0, 0.05) is 31.6 Å². The molecule has 1 aliphatic heterocycles. The summed E-state index contributed by atoms with van der Waals surface area (Å²) >= 11 is 0. The van der Waals surface area contributed by atoms with E-state index >= 15 is 0 Å². The molecule has 1 atom stereocenters. The quantitative estimate of drug-likeness (QED) is 0.393. The molecule has 3 aromatic rings. The lowest BCUT2D eigenvalue weighted by molar-refractivity contribution is -0.143. The zero-order valence-electron chi connectivity index (χ0n) is 24.6. The van der Waals surface area contributed by atoms with Gasteiger partial charge < -0.3 is 14.8 Å². The van der Waals surface area contributed by atoms with Gasteiger partial charge >= 0.3 is 0 Å². The fourth-order valence-corrected chi connectivity index (χ4v) is 6.32. The minimum Gasteiger partial charge on any atom is -0.477 e. The lowest BCUT2D eigenvalue weighted by Gasteiger charge is -2.39. The first-order valence-corrected chi connectivity index (χ1v) is 14.9. The second kappa shape index (κ2) is 12.2. The van der Waals surface area contributed by atoms with Crippen LogP contribution in [-0.4, -0.2) is 53.2 Å². The number of hydrogen-bond acceptors (Lipinski definition) is 8. The second-order valence-corrected chi connectivity index (χ2v) is 12.2. The molecule has 1 aliphatic rings. The number of ether oxygens (including phenoxy) is 2. The van der Waals surface area contributed by atoms with Crippen molar-refractivity contribution >= 4 is 21.8 Å². The van der Waals surface area contributed by atoms with Crippen LogP contribution in [0.2, 0.25) is 0 Å². The normalized spacial score (nSPS) is 15.9. The molecule has 2 amide bonds. The second-order valence-electron chi connectivity index (χ2n) is 10.3. The third-order valence-corrected chi connectivity index (χ3v) is 9.17. The van der Waals surface area contributed by atoms with Crippen molar-refractivity contribution in [1.29, 1.82) is 0 Å². The van der Waals surface area contributed by atoms with Gasteiger partial charge in [-0.3, -0.25) is 14.6 Å². The number of benzene rings is 2. The summed E-state index contributed by atoms with van der Waals surface area (Å²) in [4.78, 5) is 34.8. The highest BCUT2D eigenvalue weighted by Crippen LogP contribution is 2.44. The average molecular weight is 591 g/mol. The SMILES string of the molecule is CC#COc1c(C)c(C)c2c(c1C)CCC(C)(C(=O)N(CCNC(=O)c1cnc(C)cn1)S(=O)(=O)c1ccccc1)O2. The molecule has 220 valence electrons. The zero-order chi connectivity index (χ0) is 30.7. The van der Waals surface area contributed by atoms with E-state index in [0.29, 0.717) is 23.6 Å². The largest absolute Gasteiger partial charge is 0.477 e. The number of aryl methyl sites for hydroxylation is 1. The predicted molar refractivity (Wildman–Crippen MR) is 157 cm³/mol. The third-order valence-electron chi connectivity index (χ3n) is 7.37. The number of fused-ring (bicyclic) bond motifs is 1. The van der Waals surface area contributed by atoms with Crippen molar-refractivity contribution in [2.75, 3.05) is 13.1 Å². The zero-order valence-corrected chi connectivity index (χ0v) is 25.4. The van der Waals surface area contributed by atoms with E-state index in [1.165, 1.54) is 24.5 Å². The Balaban J connectivity index is 1.65. The Morgan fingerprint density at radius 3 is 2.43 bits per heavy atom. The first-order valence-electron chi connectivity index (χ1n) is 13.5. The van der Waals surface area contributed by atoms with Crippen molar-refractivity contribution in [3.8, 4) is 23.5 Å². The van der Waals surface area contributed by atoms with Crippen LogP contribution in [0.1, 0.15) is 58.7 Å². The van der Waals surface area contributed by atoms with Gasteiger partial charge in [-0.2, -0.15) is 0 Å². The van der Waals surface area contributed by atoms with Gasteiger partial charge in [0.2, 0.25) is 0 Å². The number of sulfonamides is 1. The Morgan fingerprint density at radius 2 is 1.79 bits per heavy atom. The first-order chi connectivity index (χ1) is 19.9. The molecule has 0 saturated heterocycles. The van der Waals surface area contributed by atoms with Crippen molar-refractivity contribution in [3.05, 3.63) is 76.4 Å². The fraction of sp³-hybridized carbons (Fsp3) is 0.355. The van der Waals surface area contributed by atoms with Crippen molar-refractivity contribution < 1.29 is 27.5 Å². The number of hydrogen-bond donors (Lipinski definition) is 1. The molecule has 0 radical (unpaired) electrons. The fourth-order valence-electron chi connectivity index (χ4n) is 4.83. The van der Waals surface area contributed by atoms with E-state index in [9.17, 15) is 18.0 Å². The smallest absolute Gasteiger partial charge is 0.280 e. The van der Waals surface area contributed by atoms with E-state index in [-0.39, 0.29) is 30.1 Å². The van der Waals surface area contributed by atoms with Crippen LogP contribution < -0.4 is 14.8 Å². The monoisotopic (exact) mass is 590 g/mol. The van der Waals surface area contributed by atoms with Crippen LogP contribution in [0.25, 0.3) is 0 Å². The minimum absolute atomic E-state index is 0.0458. The molecule has 11 heteroatoms. The van der Waals surface area contributed by atoms with E-state index in [1.54, 1.807) is 39.0 Å². The summed E-state index contributed by atoms with van der Waals surface area (Å²) in [5.41, 5.74) is 2.60. The van der Waals surface area contributed by atoms with E-state index in [2.05, 4.69) is 27.3 Å². The minimum atomic E-state index is -4.29. The molecule has 0 spiro atoms. The Morgan fingerprint density at radius 1 is 1.07 bits per heavy atom. The first kappa shape index (κ1) is 30.5. The van der Waals surface area contributed by atoms with E-state index < -0.39 is 27.4 Å². The highest BCUT2D eigenvalue weighted by atomic mass is 32.2. The molecule has 0 bridgehead atoms. The molecular formula is C31H34N4O6S. The highest BCUT2D eigenvalue weighted by Gasteiger charge is 2.46. The molecule has 2 heterocycles. The van der Waals surface area contributed by atoms with Gasteiger partial charge in [-0.25, -0.2) is 17.7 Å². The summed E-state index contributed by atoms with van der Waals surface area (Å²) in [6, 6.07) is 7.70. The molecule has 0 aliphatic carbocycles. The molecule has 42 heavy (non-hydrogen) atoms. The van der Waals surface area contributed by atoms with Gasteiger partial charge in [-0.1, -0.05) is 24.1 Å². The maximum Gasteiger partial charge on any atom is 0.280 e. The number of aromatic nitrogens is 2. The van der Waals surface area contributed by atoms with Crippen LogP contribution in [-0.2, 0) is 21.2 Å². The Hall–Kier alpha value is -4.43. The standard InChI is InChI=1S/C31H34N4O6S/c1-7-17-40-27-21(3)22(4)28-25(23(27)5)13-14-31(6,41-28)30(37)35(42(38,39)24-11-9-8-10-12-24)16-15-32-29(36)26-19-33-20(2)18-34-26/h8-12,18-19H,13-16H2,1-6H3,(H,32,36). The van der Waals surface area contributed by atoms with Crippen LogP contribution in [0.15, 0.2) is 47.6 Å². The summed E-state index contributed by atoms with van der Waals surface area (Å²) in [7, 11) is -4.29. The number of carbonyl (C=O) groups is 2. The van der Waals surface area contributed by atoms with Gasteiger partial charge in [0.05, 0.1) is 23.3 Å². The van der Waals surface area contributed by atoms with Crippen molar-refractivity contribution in [3.63, 3.8) is 0 Å². The predicted octanol–water partition coefficient (Wildman–Crippen LogP) is 3.80. The molecule has 1 aromatic heterocycles. The third kappa shape index (κ3) is 5.94. The van der Waals surface area contributed by atoms with Crippen LogP contribution in [0, 0.1) is 39.7 Å². The maximum atomic E-state index is 14.2. The lowest BCUT2D eigenvalue weighted by Crippen LogP contribution is -2.55. The topological polar surface area (TPSA) is 128 Å². The van der Waals surface area contributed by atoms with E-state index in [0.717, 1.165) is 26.6 Å². The molecule has 10 nitrogen and oxygen atoms in total. The summed E-state index contributed by atoms with van der Waals surface area (Å²) in [6.07, 6.45) is 6.13. The molecule has 0 fully saturated rings. The molecule has 2 aromatic carbocycles. The molecule has 4 rings (SSSR count). The van der Waals surface area contributed by atoms with Gasteiger partial charge in [0.25, 0.3) is 21.8 Å². The Bertz CT molecular complexity index is 1680. The number of amides is 2. The van der Waals surface area contributed by atoms with Crippen molar-refractivity contribution in [2.45, 2.75) is 64.9 Å². The molecular weight excluding hydrogens is 556 g/mol. The molecule has 0 saturated carbocycles. The molecule has 1 unspecified atom stereocenters. The lowest BCUT2D eigenvalue weighted by atomic mass is 9.86. The molecule has 1 N–H and O–H groups in total. The Labute approximate surface area is 246 Å². The highest BCUT2D eigenvalue weighted by molar-refractivity contribution is 7.89. The number of nitrogens with one attached hydrogen (secondary N) is 1. The van der Waals surface area contributed by atoms with Crippen LogP contribution in [0.4, 0.5) is 0 Å². The van der Waals surface area contributed by atoms with E-state index in [1.807, 2.05) is 20.8 Å². The van der Waals surface area contributed by atoms with Crippen LogP contribution in [0.3, 0.4) is 0 Å². The number of rotatable bonds is 8. The van der Waals surface area contributed by atoms with Gasteiger partial charge in [-0.15, -0.1) is 0 Å². The van der Waals surface area contributed by atoms with Crippen LogP contribution in [0.5, 0.6) is 11.5 Å². The van der Waals surface area contributed by atoms with Crippen molar-refractivity contribution in [1.82, 2.24) is 19.6 Å². The summed E-state index contributed by atoms with van der Waals surface area (Å²) < 4.78 is 40.5. The van der Waals surface area contributed by atoms with E-state index in [4.69, 9.17) is 9.47 Å². The van der Waals surface area contributed by atoms with Gasteiger partial charge in [-0.05, 0) is 69.9 Å². The van der Waals surface area contributed by atoms with Crippen LogP contribution >= 0.6 is 0 Å². The van der Waals surface area contributed by atoms with Gasteiger partial charge in [0.15, 0.2) is 5.60 Å². The van der Waals surface area contributed by atoms with Gasteiger partial charge in [0.1, 0.15) is 23.3 Å². The maximum absolute atomic E-state index is 14.2. The number of carbonyl (C=O) groups excluding carboxylic acids is 2. The van der Waals surface area contributed by atoms with Crippen molar-refractivity contribution in [2.24, 2.45) is 0 Å². The Kier molecular flexibility index (Phi) is 8.87. The average Bonchev–Trinajstić information content (AvgIpc) is 2.98. The summed E-state index contributed by atoms with van der Waals surface area (Å²) in [5, 5.41) is 2.64.